The van der Waals surface area contributed by atoms with Gasteiger partial charge in [0.2, 0.25) is 11.8 Å². The summed E-state index contributed by atoms with van der Waals surface area (Å²) in [6.07, 6.45) is 0.998. The number of carbonyl (C=O) groups is 2. The molecule has 2 amide bonds. The summed E-state index contributed by atoms with van der Waals surface area (Å²) < 4.78 is 0. The van der Waals surface area contributed by atoms with Crippen LogP contribution in [-0.4, -0.2) is 42.4 Å². The lowest BCUT2D eigenvalue weighted by molar-refractivity contribution is -0.130. The van der Waals surface area contributed by atoms with E-state index >= 15 is 0 Å². The zero-order valence-corrected chi connectivity index (χ0v) is 12.0. The molecule has 0 heterocycles. The summed E-state index contributed by atoms with van der Waals surface area (Å²) in [7, 11) is 0. The number of rotatable bonds is 8. The Morgan fingerprint density at radius 1 is 1.22 bits per heavy atom. The Morgan fingerprint density at radius 2 is 1.78 bits per heavy atom. The molecule has 18 heavy (non-hydrogen) atoms. The maximum absolute atomic E-state index is 11.7. The van der Waals surface area contributed by atoms with Crippen LogP contribution in [0.1, 0.15) is 40.5 Å². The molecule has 5 nitrogen and oxygen atoms in total. The topological polar surface area (TPSA) is 75.4 Å². The monoisotopic (exact) mass is 257 g/mol. The Hall–Kier alpha value is -1.10. The second-order valence-electron chi connectivity index (χ2n) is 4.84. The van der Waals surface area contributed by atoms with Gasteiger partial charge in [0.05, 0.1) is 6.04 Å². The van der Waals surface area contributed by atoms with Gasteiger partial charge in [-0.2, -0.15) is 0 Å². The summed E-state index contributed by atoms with van der Waals surface area (Å²) in [5, 5.41) is 2.71. The van der Waals surface area contributed by atoms with E-state index in [1.807, 2.05) is 27.7 Å². The number of carbonyl (C=O) groups excluding carboxylic acids is 2. The van der Waals surface area contributed by atoms with Gasteiger partial charge in [0.1, 0.15) is 0 Å². The molecule has 0 aliphatic heterocycles. The van der Waals surface area contributed by atoms with Crippen LogP contribution in [0.25, 0.3) is 0 Å². The van der Waals surface area contributed by atoms with Gasteiger partial charge in [-0.1, -0.05) is 13.8 Å². The van der Waals surface area contributed by atoms with Crippen LogP contribution in [0.4, 0.5) is 0 Å². The number of amides is 2. The minimum absolute atomic E-state index is 0.0673. The summed E-state index contributed by atoms with van der Waals surface area (Å²) in [4.78, 5) is 25.0. The quantitative estimate of drug-likeness (QED) is 0.673. The maximum atomic E-state index is 11.7. The molecule has 0 aromatic carbocycles. The standard InChI is InChI=1S/C13H27N3O2/c1-5-16(6-2)12(17)7-8-15-13(18)11(14)9-10(3)4/h10-11H,5-9,14H2,1-4H3,(H,15,18)/t11-/m1/s1. The van der Waals surface area contributed by atoms with E-state index in [1.165, 1.54) is 0 Å². The highest BCUT2D eigenvalue weighted by molar-refractivity contribution is 5.82. The molecule has 0 radical (unpaired) electrons. The van der Waals surface area contributed by atoms with E-state index in [4.69, 9.17) is 5.73 Å². The molecule has 1 atom stereocenters. The van der Waals surface area contributed by atoms with E-state index in [0.717, 1.165) is 0 Å². The normalized spacial score (nSPS) is 12.3. The second-order valence-corrected chi connectivity index (χ2v) is 4.84. The van der Waals surface area contributed by atoms with Crippen LogP contribution in [-0.2, 0) is 9.59 Å². The lowest BCUT2D eigenvalue weighted by atomic mass is 10.0. The number of nitrogens with two attached hydrogens (primary N) is 1. The fraction of sp³-hybridized carbons (Fsp3) is 0.846. The fourth-order valence-corrected chi connectivity index (χ4v) is 1.77. The van der Waals surface area contributed by atoms with E-state index in [0.29, 0.717) is 38.4 Å². The molecule has 0 bridgehead atoms. The first-order chi connectivity index (χ1) is 8.42. The zero-order chi connectivity index (χ0) is 14.1. The smallest absolute Gasteiger partial charge is 0.236 e. The molecule has 0 spiro atoms. The van der Waals surface area contributed by atoms with E-state index in [9.17, 15) is 9.59 Å². The first kappa shape index (κ1) is 16.9. The highest BCUT2D eigenvalue weighted by atomic mass is 16.2. The molecule has 0 rings (SSSR count). The van der Waals surface area contributed by atoms with Crippen molar-refractivity contribution in [2.24, 2.45) is 11.7 Å². The van der Waals surface area contributed by atoms with Crippen LogP contribution >= 0.6 is 0 Å². The molecular formula is C13H27N3O2. The third kappa shape index (κ3) is 6.59. The van der Waals surface area contributed by atoms with Crippen molar-refractivity contribution >= 4 is 11.8 Å². The Morgan fingerprint density at radius 3 is 2.22 bits per heavy atom. The van der Waals surface area contributed by atoms with Crippen LogP contribution in [0.3, 0.4) is 0 Å². The minimum atomic E-state index is -0.478. The highest BCUT2D eigenvalue weighted by Gasteiger charge is 2.15. The molecule has 0 aromatic heterocycles. The number of nitrogens with zero attached hydrogens (tertiary/aromatic N) is 1. The number of hydrogen-bond acceptors (Lipinski definition) is 3. The molecule has 106 valence electrons. The van der Waals surface area contributed by atoms with Gasteiger partial charge in [0.15, 0.2) is 0 Å². The minimum Gasteiger partial charge on any atom is -0.354 e. The zero-order valence-electron chi connectivity index (χ0n) is 12.0. The van der Waals surface area contributed by atoms with Gasteiger partial charge in [-0.05, 0) is 26.2 Å². The Labute approximate surface area is 110 Å². The average Bonchev–Trinajstić information content (AvgIpc) is 2.29. The van der Waals surface area contributed by atoms with Gasteiger partial charge in [-0.25, -0.2) is 0 Å². The first-order valence-electron chi connectivity index (χ1n) is 6.73. The van der Waals surface area contributed by atoms with E-state index in [1.54, 1.807) is 4.90 Å². The number of nitrogens with one attached hydrogen (secondary N) is 1. The summed E-state index contributed by atoms with van der Waals surface area (Å²) in [6.45, 7) is 9.71. The Balaban J connectivity index is 3.90. The molecule has 0 fully saturated rings. The largest absolute Gasteiger partial charge is 0.354 e. The molecular weight excluding hydrogens is 230 g/mol. The van der Waals surface area contributed by atoms with Gasteiger partial charge in [-0.3, -0.25) is 9.59 Å². The molecule has 0 saturated carbocycles. The lowest BCUT2D eigenvalue weighted by Gasteiger charge is -2.19. The predicted molar refractivity (Wildman–Crippen MR) is 73.0 cm³/mol. The predicted octanol–water partition coefficient (Wildman–Crippen LogP) is 0.735. The van der Waals surface area contributed by atoms with E-state index < -0.39 is 6.04 Å². The first-order valence-corrected chi connectivity index (χ1v) is 6.73. The average molecular weight is 257 g/mol. The molecule has 0 aliphatic carbocycles. The highest BCUT2D eigenvalue weighted by Crippen LogP contribution is 2.02. The van der Waals surface area contributed by atoms with Gasteiger partial charge in [0, 0.05) is 26.1 Å². The van der Waals surface area contributed by atoms with Crippen LogP contribution in [0.15, 0.2) is 0 Å². The molecule has 3 N–H and O–H groups in total. The van der Waals surface area contributed by atoms with Crippen molar-refractivity contribution < 1.29 is 9.59 Å². The van der Waals surface area contributed by atoms with Crippen molar-refractivity contribution in [2.75, 3.05) is 19.6 Å². The second kappa shape index (κ2) is 8.91. The Kier molecular flexibility index (Phi) is 8.37. The van der Waals surface area contributed by atoms with E-state index in [2.05, 4.69) is 5.32 Å². The summed E-state index contributed by atoms with van der Waals surface area (Å²) in [5.74, 6) is 0.289. The van der Waals surface area contributed by atoms with E-state index in [-0.39, 0.29) is 11.8 Å². The van der Waals surface area contributed by atoms with Crippen LogP contribution in [0.2, 0.25) is 0 Å². The van der Waals surface area contributed by atoms with Gasteiger partial charge >= 0.3 is 0 Å². The van der Waals surface area contributed by atoms with Crippen LogP contribution in [0.5, 0.6) is 0 Å². The lowest BCUT2D eigenvalue weighted by Crippen LogP contribution is -2.43. The molecule has 0 saturated heterocycles. The van der Waals surface area contributed by atoms with Crippen molar-refractivity contribution in [3.63, 3.8) is 0 Å². The SMILES string of the molecule is CCN(CC)C(=O)CCNC(=O)[C@H](N)CC(C)C. The maximum Gasteiger partial charge on any atom is 0.236 e. The van der Waals surface area contributed by atoms with Crippen molar-refractivity contribution in [2.45, 2.75) is 46.6 Å². The van der Waals surface area contributed by atoms with Crippen LogP contribution < -0.4 is 11.1 Å². The van der Waals surface area contributed by atoms with Crippen molar-refractivity contribution in [1.29, 1.82) is 0 Å². The van der Waals surface area contributed by atoms with Crippen LogP contribution in [0, 0.1) is 5.92 Å². The molecule has 0 unspecified atom stereocenters. The molecule has 0 aromatic rings. The third-order valence-corrected chi connectivity index (χ3v) is 2.82. The third-order valence-electron chi connectivity index (χ3n) is 2.82. The molecule has 5 heteroatoms. The van der Waals surface area contributed by atoms with Crippen molar-refractivity contribution in [3.05, 3.63) is 0 Å². The van der Waals surface area contributed by atoms with Crippen molar-refractivity contribution in [1.82, 2.24) is 10.2 Å². The Bertz CT molecular complexity index is 263. The summed E-state index contributed by atoms with van der Waals surface area (Å²) in [6, 6.07) is -0.478. The molecule has 0 aliphatic rings. The van der Waals surface area contributed by atoms with Gasteiger partial charge in [0.25, 0.3) is 0 Å². The summed E-state index contributed by atoms with van der Waals surface area (Å²) in [5.41, 5.74) is 5.74. The number of hydrogen-bond donors (Lipinski definition) is 2. The fourth-order valence-electron chi connectivity index (χ4n) is 1.77. The summed E-state index contributed by atoms with van der Waals surface area (Å²) >= 11 is 0. The van der Waals surface area contributed by atoms with Gasteiger partial charge < -0.3 is 16.0 Å². The van der Waals surface area contributed by atoms with Crippen molar-refractivity contribution in [3.8, 4) is 0 Å². The van der Waals surface area contributed by atoms with Gasteiger partial charge in [-0.15, -0.1) is 0 Å².